The molecule has 0 amide bonds. The Morgan fingerprint density at radius 1 is 1.50 bits per heavy atom. The van der Waals surface area contributed by atoms with Crippen LogP contribution in [0, 0.1) is 5.92 Å². The molecule has 0 atom stereocenters. The van der Waals surface area contributed by atoms with E-state index in [2.05, 4.69) is 16.8 Å². The van der Waals surface area contributed by atoms with E-state index in [1.165, 1.54) is 12.8 Å². The SMILES string of the molecule is CCOC1CC2(CN=C(N)N2CC2CC2)C1. The average Bonchev–Trinajstić information content (AvgIpc) is 2.96. The lowest BCUT2D eigenvalue weighted by Gasteiger charge is -2.50. The van der Waals surface area contributed by atoms with Gasteiger partial charge in [0.15, 0.2) is 5.96 Å². The Hall–Kier alpha value is -0.770. The smallest absolute Gasteiger partial charge is 0.191 e. The van der Waals surface area contributed by atoms with Crippen LogP contribution < -0.4 is 5.73 Å². The molecule has 90 valence electrons. The second kappa shape index (κ2) is 3.62. The Labute approximate surface area is 96.8 Å². The standard InChI is InChI=1S/C12H21N3O/c1-2-16-10-5-12(6-10)8-14-11(13)15(12)7-9-3-4-9/h9-10H,2-8H2,1H3,(H2,13,14). The zero-order valence-corrected chi connectivity index (χ0v) is 9.98. The quantitative estimate of drug-likeness (QED) is 0.772. The van der Waals surface area contributed by atoms with Gasteiger partial charge in [0.1, 0.15) is 0 Å². The number of hydrogen-bond acceptors (Lipinski definition) is 4. The highest BCUT2D eigenvalue weighted by Gasteiger charge is 2.53. The largest absolute Gasteiger partial charge is 0.378 e. The van der Waals surface area contributed by atoms with Gasteiger partial charge in [-0.2, -0.15) is 0 Å². The minimum absolute atomic E-state index is 0.229. The second-order valence-corrected chi connectivity index (χ2v) is 5.44. The number of aliphatic imine (C=N–C) groups is 1. The summed E-state index contributed by atoms with van der Waals surface area (Å²) in [6, 6.07) is 0. The van der Waals surface area contributed by atoms with E-state index in [4.69, 9.17) is 10.5 Å². The van der Waals surface area contributed by atoms with Gasteiger partial charge in [-0.15, -0.1) is 0 Å². The van der Waals surface area contributed by atoms with Crippen LogP contribution in [0.25, 0.3) is 0 Å². The van der Waals surface area contributed by atoms with Crippen molar-refractivity contribution >= 4 is 5.96 Å². The van der Waals surface area contributed by atoms with Gasteiger partial charge in [0.05, 0.1) is 18.2 Å². The molecule has 2 fully saturated rings. The van der Waals surface area contributed by atoms with Crippen molar-refractivity contribution in [2.75, 3.05) is 19.7 Å². The van der Waals surface area contributed by atoms with Crippen LogP contribution in [0.15, 0.2) is 4.99 Å². The molecule has 2 saturated carbocycles. The minimum atomic E-state index is 0.229. The Kier molecular flexibility index (Phi) is 2.35. The van der Waals surface area contributed by atoms with Gasteiger partial charge in [-0.1, -0.05) is 0 Å². The van der Waals surface area contributed by atoms with Crippen LogP contribution in [0.1, 0.15) is 32.6 Å². The third-order valence-corrected chi connectivity index (χ3v) is 4.14. The van der Waals surface area contributed by atoms with Crippen LogP contribution in [-0.2, 0) is 4.74 Å². The van der Waals surface area contributed by atoms with Gasteiger partial charge in [-0.3, -0.25) is 4.99 Å². The summed E-state index contributed by atoms with van der Waals surface area (Å²) in [7, 11) is 0. The molecule has 1 spiro atoms. The first-order chi connectivity index (χ1) is 7.73. The van der Waals surface area contributed by atoms with Gasteiger partial charge < -0.3 is 15.4 Å². The van der Waals surface area contributed by atoms with E-state index in [-0.39, 0.29) is 5.54 Å². The number of hydrogen-bond donors (Lipinski definition) is 1. The van der Waals surface area contributed by atoms with Gasteiger partial charge >= 0.3 is 0 Å². The molecule has 0 saturated heterocycles. The highest BCUT2D eigenvalue weighted by atomic mass is 16.5. The topological polar surface area (TPSA) is 50.9 Å². The summed E-state index contributed by atoms with van der Waals surface area (Å²) in [5.74, 6) is 1.64. The number of nitrogens with two attached hydrogens (primary N) is 1. The molecule has 0 aromatic carbocycles. The van der Waals surface area contributed by atoms with E-state index in [0.29, 0.717) is 6.10 Å². The minimum Gasteiger partial charge on any atom is -0.378 e. The van der Waals surface area contributed by atoms with E-state index in [1.807, 2.05) is 0 Å². The van der Waals surface area contributed by atoms with Crippen molar-refractivity contribution in [1.82, 2.24) is 4.90 Å². The normalized spacial score (nSPS) is 37.7. The summed E-state index contributed by atoms with van der Waals surface area (Å²) in [5.41, 5.74) is 6.22. The van der Waals surface area contributed by atoms with Crippen molar-refractivity contribution in [3.05, 3.63) is 0 Å². The van der Waals surface area contributed by atoms with Crippen LogP contribution in [0.3, 0.4) is 0 Å². The zero-order valence-electron chi connectivity index (χ0n) is 9.98. The molecule has 0 radical (unpaired) electrons. The summed E-state index contributed by atoms with van der Waals surface area (Å²) in [4.78, 5) is 6.79. The Balaban J connectivity index is 1.62. The van der Waals surface area contributed by atoms with E-state index in [0.717, 1.165) is 44.4 Å². The Morgan fingerprint density at radius 3 is 2.88 bits per heavy atom. The van der Waals surface area contributed by atoms with Crippen LogP contribution in [0.5, 0.6) is 0 Å². The van der Waals surface area contributed by atoms with Gasteiger partial charge in [-0.25, -0.2) is 0 Å². The first kappa shape index (κ1) is 10.4. The van der Waals surface area contributed by atoms with Crippen LogP contribution in [0.4, 0.5) is 0 Å². The van der Waals surface area contributed by atoms with Crippen molar-refractivity contribution in [1.29, 1.82) is 0 Å². The van der Waals surface area contributed by atoms with E-state index in [1.54, 1.807) is 0 Å². The van der Waals surface area contributed by atoms with E-state index < -0.39 is 0 Å². The molecule has 0 aromatic heterocycles. The van der Waals surface area contributed by atoms with E-state index >= 15 is 0 Å². The molecule has 2 aliphatic carbocycles. The maximum atomic E-state index is 5.99. The first-order valence-electron chi connectivity index (χ1n) is 6.43. The molecule has 0 unspecified atom stereocenters. The average molecular weight is 223 g/mol. The molecule has 2 N–H and O–H groups in total. The molecule has 3 aliphatic rings. The van der Waals surface area contributed by atoms with E-state index in [9.17, 15) is 0 Å². The summed E-state index contributed by atoms with van der Waals surface area (Å²) in [6.45, 7) is 4.88. The lowest BCUT2D eigenvalue weighted by molar-refractivity contribution is -0.0740. The molecule has 1 aliphatic heterocycles. The summed E-state index contributed by atoms with van der Waals surface area (Å²) < 4.78 is 5.65. The molecule has 16 heavy (non-hydrogen) atoms. The van der Waals surface area contributed by atoms with Crippen LogP contribution in [0.2, 0.25) is 0 Å². The lowest BCUT2D eigenvalue weighted by atomic mass is 9.73. The van der Waals surface area contributed by atoms with Gasteiger partial charge in [0.2, 0.25) is 0 Å². The zero-order chi connectivity index (χ0) is 11.2. The fourth-order valence-corrected chi connectivity index (χ4v) is 2.98. The second-order valence-electron chi connectivity index (χ2n) is 5.44. The molecular weight excluding hydrogens is 202 g/mol. The van der Waals surface area contributed by atoms with Crippen LogP contribution >= 0.6 is 0 Å². The van der Waals surface area contributed by atoms with Crippen molar-refractivity contribution < 1.29 is 4.74 Å². The highest BCUT2D eigenvalue weighted by Crippen LogP contribution is 2.44. The molecule has 4 nitrogen and oxygen atoms in total. The predicted octanol–water partition coefficient (Wildman–Crippen LogP) is 0.964. The van der Waals surface area contributed by atoms with Crippen LogP contribution in [-0.4, -0.2) is 42.2 Å². The van der Waals surface area contributed by atoms with Crippen molar-refractivity contribution in [2.24, 2.45) is 16.6 Å². The number of guanidine groups is 1. The third-order valence-electron chi connectivity index (χ3n) is 4.14. The van der Waals surface area contributed by atoms with Crippen molar-refractivity contribution in [3.8, 4) is 0 Å². The monoisotopic (exact) mass is 223 g/mol. The van der Waals surface area contributed by atoms with Gasteiger partial charge in [0.25, 0.3) is 0 Å². The van der Waals surface area contributed by atoms with Gasteiger partial charge in [-0.05, 0) is 38.5 Å². The fraction of sp³-hybridized carbons (Fsp3) is 0.917. The van der Waals surface area contributed by atoms with Gasteiger partial charge in [0, 0.05) is 13.2 Å². The molecule has 0 bridgehead atoms. The number of ether oxygens (including phenoxy) is 1. The number of rotatable bonds is 4. The fourth-order valence-electron chi connectivity index (χ4n) is 2.98. The highest BCUT2D eigenvalue weighted by molar-refractivity contribution is 5.81. The predicted molar refractivity (Wildman–Crippen MR) is 63.3 cm³/mol. The van der Waals surface area contributed by atoms with Crippen molar-refractivity contribution in [3.63, 3.8) is 0 Å². The summed E-state index contributed by atoms with van der Waals surface area (Å²) in [6.07, 6.45) is 5.40. The lowest BCUT2D eigenvalue weighted by Crippen LogP contribution is -2.62. The molecule has 1 heterocycles. The maximum Gasteiger partial charge on any atom is 0.191 e. The van der Waals surface area contributed by atoms with Crippen molar-refractivity contribution in [2.45, 2.75) is 44.2 Å². The Morgan fingerprint density at radius 2 is 2.25 bits per heavy atom. The maximum absolute atomic E-state index is 5.99. The number of nitrogens with zero attached hydrogens (tertiary/aromatic N) is 2. The third kappa shape index (κ3) is 1.59. The summed E-state index contributed by atoms with van der Waals surface area (Å²) in [5, 5.41) is 0. The molecule has 3 rings (SSSR count). The molecule has 0 aromatic rings. The molecular formula is C12H21N3O. The summed E-state index contributed by atoms with van der Waals surface area (Å²) >= 11 is 0. The first-order valence-corrected chi connectivity index (χ1v) is 6.43. The molecule has 4 heteroatoms. The Bertz CT molecular complexity index is 305.